The van der Waals surface area contributed by atoms with Crippen LogP contribution < -0.4 is 0 Å². The lowest BCUT2D eigenvalue weighted by Gasteiger charge is -2.51. The second-order valence-electron chi connectivity index (χ2n) is 10.0. The Morgan fingerprint density at radius 2 is 1.40 bits per heavy atom. The Balaban J connectivity index is 1.18. The van der Waals surface area contributed by atoms with E-state index < -0.39 is 0 Å². The fourth-order valence-corrected chi connectivity index (χ4v) is 5.71. The van der Waals surface area contributed by atoms with Gasteiger partial charge in [0.2, 0.25) is 0 Å². The predicted molar refractivity (Wildman–Crippen MR) is 123 cm³/mol. The second kappa shape index (κ2) is 8.45. The summed E-state index contributed by atoms with van der Waals surface area (Å²) in [6.45, 7) is 4.43. The summed E-state index contributed by atoms with van der Waals surface area (Å²) in [6.07, 6.45) is 8.59. The van der Waals surface area contributed by atoms with Gasteiger partial charge in [-0.3, -0.25) is 4.90 Å². The summed E-state index contributed by atoms with van der Waals surface area (Å²) in [7, 11) is 2.32. The minimum atomic E-state index is 0.0836. The van der Waals surface area contributed by atoms with Gasteiger partial charge in [-0.1, -0.05) is 60.7 Å². The van der Waals surface area contributed by atoms with Crippen molar-refractivity contribution in [3.05, 3.63) is 71.8 Å². The van der Waals surface area contributed by atoms with Crippen molar-refractivity contribution in [1.82, 2.24) is 9.80 Å². The zero-order valence-electron chi connectivity index (χ0n) is 18.4. The van der Waals surface area contributed by atoms with Crippen molar-refractivity contribution < 1.29 is 4.74 Å². The molecule has 1 saturated heterocycles. The van der Waals surface area contributed by atoms with Crippen LogP contribution in [0.1, 0.15) is 49.7 Å². The summed E-state index contributed by atoms with van der Waals surface area (Å²) in [6, 6.07) is 22.6. The molecule has 0 radical (unpaired) electrons. The standard InChI is InChI=1S/C27H36N2O/c1-28(19-14-23-8-4-2-5-9-23)25-12-15-26(16-13-25)21-29(22-27(30-26)17-18-27)20-24-10-6-3-7-11-24/h2-11,25H,12-22H2,1H3/t25-,26+. The van der Waals surface area contributed by atoms with Crippen molar-refractivity contribution in [3.63, 3.8) is 0 Å². The molecule has 160 valence electrons. The molecule has 30 heavy (non-hydrogen) atoms. The Kier molecular flexibility index (Phi) is 5.70. The zero-order valence-corrected chi connectivity index (χ0v) is 18.4. The third kappa shape index (κ3) is 4.64. The highest BCUT2D eigenvalue weighted by atomic mass is 16.5. The van der Waals surface area contributed by atoms with Crippen molar-refractivity contribution >= 4 is 0 Å². The van der Waals surface area contributed by atoms with Crippen LogP contribution in [0.2, 0.25) is 0 Å². The molecule has 3 heteroatoms. The molecule has 1 aliphatic heterocycles. The molecule has 1 heterocycles. The van der Waals surface area contributed by atoms with Gasteiger partial charge in [0.05, 0.1) is 11.2 Å². The van der Waals surface area contributed by atoms with E-state index >= 15 is 0 Å². The average Bonchev–Trinajstić information content (AvgIpc) is 3.51. The molecule has 2 aromatic carbocycles. The Morgan fingerprint density at radius 1 is 0.833 bits per heavy atom. The number of nitrogens with zero attached hydrogens (tertiary/aromatic N) is 2. The van der Waals surface area contributed by atoms with E-state index in [2.05, 4.69) is 77.5 Å². The van der Waals surface area contributed by atoms with Gasteiger partial charge in [0.15, 0.2) is 0 Å². The molecular formula is C27H36N2O. The largest absolute Gasteiger partial charge is 0.366 e. The van der Waals surface area contributed by atoms with Crippen molar-refractivity contribution in [1.29, 1.82) is 0 Å². The van der Waals surface area contributed by atoms with E-state index in [1.54, 1.807) is 0 Å². The molecule has 2 aromatic rings. The normalized spacial score (nSPS) is 28.3. The smallest absolute Gasteiger partial charge is 0.0819 e. The van der Waals surface area contributed by atoms with E-state index in [-0.39, 0.29) is 11.2 Å². The maximum absolute atomic E-state index is 6.88. The Morgan fingerprint density at radius 3 is 2.00 bits per heavy atom. The summed E-state index contributed by atoms with van der Waals surface area (Å²) >= 11 is 0. The highest BCUT2D eigenvalue weighted by Gasteiger charge is 2.55. The van der Waals surface area contributed by atoms with Gasteiger partial charge in [0.1, 0.15) is 0 Å². The van der Waals surface area contributed by atoms with Gasteiger partial charge in [0, 0.05) is 32.2 Å². The first kappa shape index (κ1) is 20.2. The number of benzene rings is 2. The number of hydrogen-bond donors (Lipinski definition) is 0. The van der Waals surface area contributed by atoms with Gasteiger partial charge in [-0.2, -0.15) is 0 Å². The van der Waals surface area contributed by atoms with Gasteiger partial charge < -0.3 is 9.64 Å². The summed E-state index contributed by atoms with van der Waals surface area (Å²) in [5.74, 6) is 0. The van der Waals surface area contributed by atoms with Gasteiger partial charge in [-0.25, -0.2) is 0 Å². The van der Waals surface area contributed by atoms with E-state index in [0.717, 1.165) is 32.6 Å². The summed E-state index contributed by atoms with van der Waals surface area (Å²) in [5.41, 5.74) is 3.12. The number of morpholine rings is 1. The van der Waals surface area contributed by atoms with Crippen LogP contribution in [-0.2, 0) is 17.7 Å². The second-order valence-corrected chi connectivity index (χ2v) is 10.0. The molecule has 0 N–H and O–H groups in total. The molecule has 2 saturated carbocycles. The van der Waals surface area contributed by atoms with E-state index in [1.165, 1.54) is 49.7 Å². The molecule has 0 unspecified atom stereocenters. The molecule has 0 atom stereocenters. The number of ether oxygens (including phenoxy) is 1. The molecule has 0 amide bonds. The van der Waals surface area contributed by atoms with E-state index in [4.69, 9.17) is 4.74 Å². The zero-order chi connectivity index (χ0) is 20.4. The Bertz CT molecular complexity index is 809. The first-order chi connectivity index (χ1) is 14.6. The van der Waals surface area contributed by atoms with Crippen molar-refractivity contribution in [2.45, 2.75) is 68.7 Å². The number of hydrogen-bond acceptors (Lipinski definition) is 3. The van der Waals surface area contributed by atoms with Crippen LogP contribution in [0, 0.1) is 0 Å². The molecule has 2 spiro atoms. The Labute approximate surface area is 182 Å². The predicted octanol–water partition coefficient (Wildman–Crippen LogP) is 4.91. The molecule has 3 fully saturated rings. The van der Waals surface area contributed by atoms with Crippen LogP contribution in [0.25, 0.3) is 0 Å². The SMILES string of the molecule is CN(CCc1ccccc1)[C@H]1CC[C@@]2(CC1)CN(Cc1ccccc1)CC1(CC1)O2. The number of likely N-dealkylation sites (N-methyl/N-ethyl adjacent to an activating group) is 1. The average molecular weight is 405 g/mol. The first-order valence-electron chi connectivity index (χ1n) is 11.8. The van der Waals surface area contributed by atoms with E-state index in [0.29, 0.717) is 6.04 Å². The van der Waals surface area contributed by atoms with Crippen LogP contribution in [0.4, 0.5) is 0 Å². The van der Waals surface area contributed by atoms with Gasteiger partial charge >= 0.3 is 0 Å². The third-order valence-electron chi connectivity index (χ3n) is 7.60. The number of rotatable bonds is 6. The van der Waals surface area contributed by atoms with Crippen LogP contribution in [0.3, 0.4) is 0 Å². The van der Waals surface area contributed by atoms with Crippen LogP contribution in [-0.4, -0.2) is 53.7 Å². The Hall–Kier alpha value is -1.68. The molecule has 5 rings (SSSR count). The van der Waals surface area contributed by atoms with Crippen molar-refractivity contribution in [2.75, 3.05) is 26.7 Å². The minimum Gasteiger partial charge on any atom is -0.366 e. The van der Waals surface area contributed by atoms with Crippen LogP contribution in [0.5, 0.6) is 0 Å². The quantitative estimate of drug-likeness (QED) is 0.680. The summed E-state index contributed by atoms with van der Waals surface area (Å²) in [4.78, 5) is 5.28. The minimum absolute atomic E-state index is 0.0836. The van der Waals surface area contributed by atoms with E-state index in [1.807, 2.05) is 0 Å². The highest BCUT2D eigenvalue weighted by Crippen LogP contribution is 2.50. The van der Waals surface area contributed by atoms with Crippen molar-refractivity contribution in [3.8, 4) is 0 Å². The van der Waals surface area contributed by atoms with Gasteiger partial charge in [-0.15, -0.1) is 0 Å². The molecule has 3 aliphatic rings. The summed E-state index contributed by atoms with van der Waals surface area (Å²) < 4.78 is 6.88. The third-order valence-corrected chi connectivity index (χ3v) is 7.60. The molecule has 0 aromatic heterocycles. The van der Waals surface area contributed by atoms with Crippen LogP contribution >= 0.6 is 0 Å². The maximum atomic E-state index is 6.88. The fraction of sp³-hybridized carbons (Fsp3) is 0.556. The lowest BCUT2D eigenvalue weighted by molar-refractivity contribution is -0.188. The highest BCUT2D eigenvalue weighted by molar-refractivity contribution is 5.17. The fourth-order valence-electron chi connectivity index (χ4n) is 5.71. The topological polar surface area (TPSA) is 15.7 Å². The van der Waals surface area contributed by atoms with E-state index in [9.17, 15) is 0 Å². The molecular weight excluding hydrogens is 368 g/mol. The molecule has 2 aliphatic carbocycles. The van der Waals surface area contributed by atoms with Crippen LogP contribution in [0.15, 0.2) is 60.7 Å². The lowest BCUT2D eigenvalue weighted by atomic mass is 9.79. The summed E-state index contributed by atoms with van der Waals surface area (Å²) in [5, 5.41) is 0. The lowest BCUT2D eigenvalue weighted by Crippen LogP contribution is -2.58. The monoisotopic (exact) mass is 404 g/mol. The maximum Gasteiger partial charge on any atom is 0.0819 e. The van der Waals surface area contributed by atoms with Gasteiger partial charge in [-0.05, 0) is 63.1 Å². The molecule has 0 bridgehead atoms. The van der Waals surface area contributed by atoms with Gasteiger partial charge in [0.25, 0.3) is 0 Å². The first-order valence-corrected chi connectivity index (χ1v) is 11.8. The molecule has 3 nitrogen and oxygen atoms in total. The van der Waals surface area contributed by atoms with Crippen molar-refractivity contribution in [2.24, 2.45) is 0 Å².